The molecule has 0 aromatic carbocycles. The van der Waals surface area contributed by atoms with Crippen molar-refractivity contribution < 1.29 is 14.3 Å². The molecule has 0 spiro atoms. The van der Waals surface area contributed by atoms with Crippen molar-refractivity contribution in [2.45, 2.75) is 6.54 Å². The van der Waals surface area contributed by atoms with Gasteiger partial charge in [-0.2, -0.15) is 5.10 Å². The number of carbonyl (C=O) groups is 1. The van der Waals surface area contributed by atoms with Gasteiger partial charge in [-0.25, -0.2) is 9.67 Å². The topological polar surface area (TPSA) is 106 Å². The Morgan fingerprint density at radius 2 is 2.32 bits per heavy atom. The molecule has 3 rings (SSSR count). The third-order valence-electron chi connectivity index (χ3n) is 2.90. The molecule has 0 radical (unpaired) electrons. The van der Waals surface area contributed by atoms with Gasteiger partial charge >= 0.3 is 0 Å². The maximum absolute atomic E-state index is 12.1. The predicted molar refractivity (Wildman–Crippen MR) is 77.0 cm³/mol. The maximum atomic E-state index is 12.1. The molecule has 22 heavy (non-hydrogen) atoms. The van der Waals surface area contributed by atoms with Crippen LogP contribution in [0.25, 0.3) is 11.5 Å². The van der Waals surface area contributed by atoms with E-state index in [0.29, 0.717) is 17.3 Å². The highest BCUT2D eigenvalue weighted by molar-refractivity contribution is 6.02. The van der Waals surface area contributed by atoms with Gasteiger partial charge in [0.1, 0.15) is 17.2 Å². The summed E-state index contributed by atoms with van der Waals surface area (Å²) in [6.45, 7) is 0.143. The minimum absolute atomic E-state index is 0.104. The molecule has 3 aromatic rings. The van der Waals surface area contributed by atoms with Crippen LogP contribution in [-0.2, 0) is 6.54 Å². The predicted octanol–water partition coefficient (Wildman–Crippen LogP) is 1.18. The lowest BCUT2D eigenvalue weighted by Gasteiger charge is -2.06. The highest BCUT2D eigenvalue weighted by Crippen LogP contribution is 2.22. The number of aliphatic hydroxyl groups excluding tert-OH is 1. The highest BCUT2D eigenvalue weighted by atomic mass is 16.3. The fourth-order valence-electron chi connectivity index (χ4n) is 1.92. The Morgan fingerprint density at radius 3 is 3.00 bits per heavy atom. The van der Waals surface area contributed by atoms with Crippen LogP contribution in [0.3, 0.4) is 0 Å². The number of amides is 1. The van der Waals surface area contributed by atoms with Gasteiger partial charge in [-0.15, -0.1) is 0 Å². The first-order valence-corrected chi connectivity index (χ1v) is 6.58. The van der Waals surface area contributed by atoms with Crippen molar-refractivity contribution in [1.82, 2.24) is 19.7 Å². The molecule has 1 amide bonds. The van der Waals surface area contributed by atoms with Gasteiger partial charge in [0, 0.05) is 18.5 Å². The fraction of sp³-hybridized carbons (Fsp3) is 0.143. The maximum Gasteiger partial charge on any atom is 0.277 e. The molecule has 0 fully saturated rings. The van der Waals surface area contributed by atoms with Gasteiger partial charge in [-0.05, 0) is 12.1 Å². The average molecular weight is 299 g/mol. The highest BCUT2D eigenvalue weighted by Gasteiger charge is 2.15. The van der Waals surface area contributed by atoms with Crippen LogP contribution in [0.4, 0.5) is 5.82 Å². The lowest BCUT2D eigenvalue weighted by molar-refractivity contribution is 0.102. The van der Waals surface area contributed by atoms with Gasteiger partial charge in [0.05, 0.1) is 25.6 Å². The lowest BCUT2D eigenvalue weighted by atomic mass is 10.3. The number of nitrogens with zero attached hydrogens (tertiary/aromatic N) is 4. The van der Waals surface area contributed by atoms with E-state index in [2.05, 4.69) is 20.4 Å². The van der Waals surface area contributed by atoms with E-state index >= 15 is 0 Å². The number of carbonyl (C=O) groups excluding carboxylic acids is 1. The Kier molecular flexibility index (Phi) is 3.92. The zero-order valence-corrected chi connectivity index (χ0v) is 11.5. The molecule has 0 bridgehead atoms. The van der Waals surface area contributed by atoms with E-state index < -0.39 is 5.91 Å². The van der Waals surface area contributed by atoms with Crippen molar-refractivity contribution in [1.29, 1.82) is 0 Å². The number of furan rings is 1. The Balaban J connectivity index is 1.87. The molecule has 8 nitrogen and oxygen atoms in total. The Bertz CT molecular complexity index is 752. The van der Waals surface area contributed by atoms with Crippen LogP contribution in [-0.4, -0.2) is 37.4 Å². The largest absolute Gasteiger partial charge is 0.463 e. The second kappa shape index (κ2) is 6.19. The van der Waals surface area contributed by atoms with Gasteiger partial charge in [0.15, 0.2) is 5.76 Å². The van der Waals surface area contributed by atoms with E-state index in [9.17, 15) is 4.79 Å². The van der Waals surface area contributed by atoms with Crippen molar-refractivity contribution in [3.8, 4) is 11.5 Å². The number of hydrogen-bond acceptors (Lipinski definition) is 6. The molecular weight excluding hydrogens is 286 g/mol. The second-order valence-electron chi connectivity index (χ2n) is 4.38. The third kappa shape index (κ3) is 2.86. The first kappa shape index (κ1) is 14.0. The molecule has 0 unspecified atom stereocenters. The van der Waals surface area contributed by atoms with E-state index in [1.54, 1.807) is 18.2 Å². The Hall–Kier alpha value is -3.00. The van der Waals surface area contributed by atoms with Gasteiger partial charge in [0.2, 0.25) is 0 Å². The molecule has 0 aliphatic carbocycles. The van der Waals surface area contributed by atoms with Crippen molar-refractivity contribution in [3.63, 3.8) is 0 Å². The molecule has 2 N–H and O–H groups in total. The minimum Gasteiger partial charge on any atom is -0.463 e. The molecule has 0 saturated heterocycles. The van der Waals surface area contributed by atoms with Crippen molar-refractivity contribution >= 4 is 11.7 Å². The van der Waals surface area contributed by atoms with E-state index in [0.717, 1.165) is 0 Å². The van der Waals surface area contributed by atoms with Gasteiger partial charge in [0.25, 0.3) is 5.91 Å². The van der Waals surface area contributed by atoms with E-state index in [-0.39, 0.29) is 18.8 Å². The van der Waals surface area contributed by atoms with Crippen molar-refractivity contribution in [2.24, 2.45) is 0 Å². The summed E-state index contributed by atoms with van der Waals surface area (Å²) in [5, 5.41) is 16.1. The molecule has 3 aromatic heterocycles. The second-order valence-corrected chi connectivity index (χ2v) is 4.38. The Morgan fingerprint density at radius 1 is 1.41 bits per heavy atom. The van der Waals surface area contributed by atoms with Crippen LogP contribution < -0.4 is 5.32 Å². The molecule has 0 aliphatic heterocycles. The van der Waals surface area contributed by atoms with Crippen LogP contribution in [0.1, 0.15) is 10.5 Å². The number of anilines is 1. The standard InChI is InChI=1S/C14H13N5O3/c20-6-5-19-13(8-10(18-19)12-2-1-7-22-12)17-14(21)11-9-15-3-4-16-11/h1-4,7-9,20H,5-6H2,(H,17,21). The van der Waals surface area contributed by atoms with Gasteiger partial charge < -0.3 is 14.8 Å². The van der Waals surface area contributed by atoms with E-state index in [1.807, 2.05) is 0 Å². The van der Waals surface area contributed by atoms with E-state index in [4.69, 9.17) is 9.52 Å². The molecule has 8 heteroatoms. The molecule has 3 heterocycles. The molecule has 112 valence electrons. The number of rotatable bonds is 5. The van der Waals surface area contributed by atoms with Gasteiger partial charge in [-0.3, -0.25) is 9.78 Å². The smallest absolute Gasteiger partial charge is 0.277 e. The zero-order chi connectivity index (χ0) is 15.4. The Labute approximate surface area is 125 Å². The molecular formula is C14H13N5O3. The molecule has 0 atom stereocenters. The van der Waals surface area contributed by atoms with Gasteiger partial charge in [-0.1, -0.05) is 0 Å². The van der Waals surface area contributed by atoms with Crippen LogP contribution in [0.2, 0.25) is 0 Å². The minimum atomic E-state index is -0.404. The summed E-state index contributed by atoms with van der Waals surface area (Å²) in [6, 6.07) is 5.18. The lowest BCUT2D eigenvalue weighted by Crippen LogP contribution is -2.17. The summed E-state index contributed by atoms with van der Waals surface area (Å²) in [6.07, 6.45) is 5.84. The molecule has 0 saturated carbocycles. The number of aliphatic hydroxyl groups is 1. The van der Waals surface area contributed by atoms with Crippen LogP contribution in [0, 0.1) is 0 Å². The first-order valence-electron chi connectivity index (χ1n) is 6.58. The number of aromatic nitrogens is 4. The van der Waals surface area contributed by atoms with Crippen molar-refractivity contribution in [3.05, 3.63) is 48.7 Å². The average Bonchev–Trinajstić information content (AvgIpc) is 3.19. The van der Waals surface area contributed by atoms with E-state index in [1.165, 1.54) is 29.5 Å². The summed E-state index contributed by atoms with van der Waals surface area (Å²) in [7, 11) is 0. The fourth-order valence-corrected chi connectivity index (χ4v) is 1.92. The number of hydrogen-bond donors (Lipinski definition) is 2. The van der Waals surface area contributed by atoms with Crippen molar-refractivity contribution in [2.75, 3.05) is 11.9 Å². The summed E-state index contributed by atoms with van der Waals surface area (Å²) in [5.74, 6) is 0.612. The summed E-state index contributed by atoms with van der Waals surface area (Å²) < 4.78 is 6.77. The third-order valence-corrected chi connectivity index (χ3v) is 2.90. The quantitative estimate of drug-likeness (QED) is 0.732. The summed E-state index contributed by atoms with van der Waals surface area (Å²) >= 11 is 0. The number of nitrogens with one attached hydrogen (secondary N) is 1. The SMILES string of the molecule is O=C(Nc1cc(-c2ccco2)nn1CCO)c1cnccn1. The monoisotopic (exact) mass is 299 g/mol. The van der Waals surface area contributed by atoms with Crippen LogP contribution in [0.5, 0.6) is 0 Å². The van der Waals surface area contributed by atoms with Crippen LogP contribution >= 0.6 is 0 Å². The first-order chi connectivity index (χ1) is 10.8. The molecule has 0 aliphatic rings. The summed E-state index contributed by atoms with van der Waals surface area (Å²) in [4.78, 5) is 19.9. The summed E-state index contributed by atoms with van der Waals surface area (Å²) in [5.41, 5.74) is 0.756. The van der Waals surface area contributed by atoms with Crippen LogP contribution in [0.15, 0.2) is 47.5 Å². The zero-order valence-electron chi connectivity index (χ0n) is 11.5. The normalized spacial score (nSPS) is 10.6.